The van der Waals surface area contributed by atoms with Gasteiger partial charge in [0.05, 0.1) is 7.11 Å². The van der Waals surface area contributed by atoms with Crippen molar-refractivity contribution in [3.8, 4) is 5.75 Å². The zero-order valence-corrected chi connectivity index (χ0v) is 15.0. The standard InChI is InChI=1S/C18H22N4O4/c1-13-19-20-17(26-13)18(24)22-11-9-21(10-12-22)16(23)8-7-14-5-3-4-6-15(14)25-2/h3-6H,7-12H2,1-2H3. The van der Waals surface area contributed by atoms with Crippen molar-refractivity contribution in [2.75, 3.05) is 33.3 Å². The first-order valence-electron chi connectivity index (χ1n) is 8.57. The predicted octanol–water partition coefficient (Wildman–Crippen LogP) is 1.30. The fourth-order valence-electron chi connectivity index (χ4n) is 2.99. The first-order valence-corrected chi connectivity index (χ1v) is 8.57. The highest BCUT2D eigenvalue weighted by molar-refractivity contribution is 5.89. The summed E-state index contributed by atoms with van der Waals surface area (Å²) in [7, 11) is 1.63. The van der Waals surface area contributed by atoms with Gasteiger partial charge in [0.15, 0.2) is 0 Å². The minimum absolute atomic E-state index is 0.00144. The van der Waals surface area contributed by atoms with Crippen molar-refractivity contribution in [3.63, 3.8) is 0 Å². The van der Waals surface area contributed by atoms with Crippen LogP contribution in [0, 0.1) is 6.92 Å². The van der Waals surface area contributed by atoms with Gasteiger partial charge in [-0.05, 0) is 18.1 Å². The van der Waals surface area contributed by atoms with E-state index in [1.54, 1.807) is 23.8 Å². The highest BCUT2D eigenvalue weighted by Crippen LogP contribution is 2.19. The number of hydrogen-bond donors (Lipinski definition) is 0. The third-order valence-electron chi connectivity index (χ3n) is 4.43. The summed E-state index contributed by atoms with van der Waals surface area (Å²) < 4.78 is 10.5. The maximum absolute atomic E-state index is 12.5. The fourth-order valence-corrected chi connectivity index (χ4v) is 2.99. The topological polar surface area (TPSA) is 88.8 Å². The Morgan fingerprint density at radius 3 is 2.46 bits per heavy atom. The van der Waals surface area contributed by atoms with E-state index in [1.165, 1.54) is 0 Å². The van der Waals surface area contributed by atoms with Crippen LogP contribution < -0.4 is 4.74 Å². The van der Waals surface area contributed by atoms with Gasteiger partial charge >= 0.3 is 11.8 Å². The number of piperazine rings is 1. The molecule has 0 N–H and O–H groups in total. The second-order valence-corrected chi connectivity index (χ2v) is 6.11. The monoisotopic (exact) mass is 358 g/mol. The third-order valence-corrected chi connectivity index (χ3v) is 4.43. The Labute approximate surface area is 151 Å². The molecule has 3 rings (SSSR count). The van der Waals surface area contributed by atoms with Crippen molar-refractivity contribution < 1.29 is 18.7 Å². The van der Waals surface area contributed by atoms with Crippen molar-refractivity contribution in [1.29, 1.82) is 0 Å². The SMILES string of the molecule is COc1ccccc1CCC(=O)N1CCN(C(=O)c2nnc(C)o2)CC1. The summed E-state index contributed by atoms with van der Waals surface area (Å²) in [5.74, 6) is 0.950. The summed E-state index contributed by atoms with van der Waals surface area (Å²) in [6.45, 7) is 3.57. The van der Waals surface area contributed by atoms with Crippen molar-refractivity contribution in [2.24, 2.45) is 0 Å². The van der Waals surface area contributed by atoms with Gasteiger partial charge in [-0.15, -0.1) is 10.2 Å². The number of para-hydroxylation sites is 1. The average Bonchev–Trinajstić information content (AvgIpc) is 3.12. The molecule has 0 saturated carbocycles. The zero-order valence-electron chi connectivity index (χ0n) is 15.0. The molecule has 2 heterocycles. The quantitative estimate of drug-likeness (QED) is 0.800. The van der Waals surface area contributed by atoms with E-state index in [2.05, 4.69) is 10.2 Å². The second kappa shape index (κ2) is 7.99. The smallest absolute Gasteiger partial charge is 0.311 e. The summed E-state index contributed by atoms with van der Waals surface area (Å²) >= 11 is 0. The van der Waals surface area contributed by atoms with Gasteiger partial charge in [0.25, 0.3) is 0 Å². The lowest BCUT2D eigenvalue weighted by molar-refractivity contribution is -0.132. The van der Waals surface area contributed by atoms with Crippen LogP contribution in [0.25, 0.3) is 0 Å². The summed E-state index contributed by atoms with van der Waals surface area (Å²) in [5.41, 5.74) is 1.02. The van der Waals surface area contributed by atoms with E-state index >= 15 is 0 Å². The van der Waals surface area contributed by atoms with E-state index in [9.17, 15) is 9.59 Å². The maximum atomic E-state index is 12.5. The predicted molar refractivity (Wildman–Crippen MR) is 92.8 cm³/mol. The molecule has 0 bridgehead atoms. The Bertz CT molecular complexity index is 781. The van der Waals surface area contributed by atoms with Crippen LogP contribution in [0.1, 0.15) is 28.6 Å². The van der Waals surface area contributed by atoms with Crippen LogP contribution in [-0.4, -0.2) is 65.1 Å². The number of benzene rings is 1. The molecule has 1 fully saturated rings. The number of aryl methyl sites for hydroxylation is 2. The highest BCUT2D eigenvalue weighted by atomic mass is 16.5. The summed E-state index contributed by atoms with van der Waals surface area (Å²) in [4.78, 5) is 28.2. The van der Waals surface area contributed by atoms with Crippen molar-refractivity contribution >= 4 is 11.8 Å². The summed E-state index contributed by atoms with van der Waals surface area (Å²) in [6.07, 6.45) is 1.04. The van der Waals surface area contributed by atoms with E-state index in [0.29, 0.717) is 44.9 Å². The molecule has 0 aliphatic carbocycles. The Hall–Kier alpha value is -2.90. The molecule has 0 atom stereocenters. The van der Waals surface area contributed by atoms with Crippen molar-refractivity contribution in [3.05, 3.63) is 41.6 Å². The van der Waals surface area contributed by atoms with E-state index in [0.717, 1.165) is 11.3 Å². The lowest BCUT2D eigenvalue weighted by Gasteiger charge is -2.34. The minimum Gasteiger partial charge on any atom is -0.496 e. The molecule has 138 valence electrons. The molecule has 0 radical (unpaired) electrons. The molecule has 26 heavy (non-hydrogen) atoms. The van der Waals surface area contributed by atoms with Crippen molar-refractivity contribution in [2.45, 2.75) is 19.8 Å². The lowest BCUT2D eigenvalue weighted by Crippen LogP contribution is -2.50. The molecule has 1 aromatic carbocycles. The van der Waals surface area contributed by atoms with Gasteiger partial charge in [-0.1, -0.05) is 18.2 Å². The van der Waals surface area contributed by atoms with E-state index < -0.39 is 0 Å². The van der Waals surface area contributed by atoms with E-state index in [1.807, 2.05) is 24.3 Å². The molecule has 0 unspecified atom stereocenters. The molecular weight excluding hydrogens is 336 g/mol. The van der Waals surface area contributed by atoms with Crippen LogP contribution >= 0.6 is 0 Å². The first-order chi connectivity index (χ1) is 12.6. The minimum atomic E-state index is -0.285. The number of ether oxygens (including phenoxy) is 1. The molecule has 2 aromatic rings. The van der Waals surface area contributed by atoms with Gasteiger partial charge in [0.2, 0.25) is 11.8 Å². The highest BCUT2D eigenvalue weighted by Gasteiger charge is 2.27. The summed E-state index contributed by atoms with van der Waals surface area (Å²) in [5, 5.41) is 7.43. The molecule has 1 saturated heterocycles. The number of carbonyl (C=O) groups excluding carboxylic acids is 2. The number of carbonyl (C=O) groups is 2. The molecule has 1 aromatic heterocycles. The second-order valence-electron chi connectivity index (χ2n) is 6.11. The van der Waals surface area contributed by atoms with Gasteiger partial charge in [-0.25, -0.2) is 0 Å². The Morgan fingerprint density at radius 1 is 1.12 bits per heavy atom. The first kappa shape index (κ1) is 17.9. The number of hydrogen-bond acceptors (Lipinski definition) is 6. The Kier molecular flexibility index (Phi) is 5.50. The lowest BCUT2D eigenvalue weighted by atomic mass is 10.1. The Morgan fingerprint density at radius 2 is 1.81 bits per heavy atom. The number of methoxy groups -OCH3 is 1. The number of nitrogens with zero attached hydrogens (tertiary/aromatic N) is 4. The Balaban J connectivity index is 1.50. The van der Waals surface area contributed by atoms with Gasteiger partial charge in [0, 0.05) is 39.5 Å². The third kappa shape index (κ3) is 4.01. The zero-order chi connectivity index (χ0) is 18.5. The van der Waals surface area contributed by atoms with E-state index in [-0.39, 0.29) is 17.7 Å². The number of amides is 2. The molecule has 1 aliphatic rings. The summed E-state index contributed by atoms with van der Waals surface area (Å²) in [6, 6.07) is 7.70. The molecule has 1 aliphatic heterocycles. The normalized spacial score (nSPS) is 14.4. The van der Waals surface area contributed by atoms with Gasteiger partial charge in [0.1, 0.15) is 5.75 Å². The van der Waals surface area contributed by atoms with Crippen LogP contribution in [0.3, 0.4) is 0 Å². The molecular formula is C18H22N4O4. The molecule has 8 heteroatoms. The molecule has 8 nitrogen and oxygen atoms in total. The van der Waals surface area contributed by atoms with E-state index in [4.69, 9.17) is 9.15 Å². The number of rotatable bonds is 5. The van der Waals surface area contributed by atoms with Crippen LogP contribution in [0.2, 0.25) is 0 Å². The van der Waals surface area contributed by atoms with Crippen LogP contribution in [0.4, 0.5) is 0 Å². The average molecular weight is 358 g/mol. The molecule has 0 spiro atoms. The van der Waals surface area contributed by atoms with Crippen LogP contribution in [-0.2, 0) is 11.2 Å². The van der Waals surface area contributed by atoms with Gasteiger partial charge in [-0.2, -0.15) is 0 Å². The van der Waals surface area contributed by atoms with Gasteiger partial charge < -0.3 is 19.0 Å². The van der Waals surface area contributed by atoms with Crippen LogP contribution in [0.5, 0.6) is 5.75 Å². The van der Waals surface area contributed by atoms with Crippen molar-refractivity contribution in [1.82, 2.24) is 20.0 Å². The largest absolute Gasteiger partial charge is 0.496 e. The van der Waals surface area contributed by atoms with Crippen LogP contribution in [0.15, 0.2) is 28.7 Å². The number of aromatic nitrogens is 2. The maximum Gasteiger partial charge on any atom is 0.311 e. The fraction of sp³-hybridized carbons (Fsp3) is 0.444. The molecule has 2 amide bonds. The van der Waals surface area contributed by atoms with Gasteiger partial charge in [-0.3, -0.25) is 9.59 Å².